The Bertz CT molecular complexity index is 1230. The molecule has 0 atom stereocenters. The Morgan fingerprint density at radius 2 is 1.74 bits per heavy atom. The standard InChI is InChI=1S/C26H21BrINO4S/c1-2-32-22-13-19(12-21(27)24(22)33-16-18-6-4-3-5-7-18)14-23-25(30)29(26(31)34-23)15-17-8-10-20(28)11-9-17/h3-14H,2,15-16H2,1H3/b23-14-. The number of nitrogens with zero attached hydrogens (tertiary/aromatic N) is 1. The van der Waals surface area contributed by atoms with Crippen LogP contribution in [0.1, 0.15) is 23.6 Å². The van der Waals surface area contributed by atoms with Gasteiger partial charge in [0.25, 0.3) is 11.1 Å². The Balaban J connectivity index is 1.55. The van der Waals surface area contributed by atoms with Gasteiger partial charge < -0.3 is 9.47 Å². The molecule has 1 fully saturated rings. The third kappa shape index (κ3) is 6.03. The van der Waals surface area contributed by atoms with Crippen LogP contribution in [0.5, 0.6) is 11.5 Å². The molecule has 174 valence electrons. The van der Waals surface area contributed by atoms with Crippen molar-refractivity contribution in [3.05, 3.63) is 96.4 Å². The second kappa shape index (κ2) is 11.4. The Morgan fingerprint density at radius 3 is 2.44 bits per heavy atom. The zero-order valence-corrected chi connectivity index (χ0v) is 22.9. The number of ether oxygens (including phenoxy) is 2. The minimum absolute atomic E-state index is 0.249. The largest absolute Gasteiger partial charge is 0.490 e. The number of hydrogen-bond acceptors (Lipinski definition) is 5. The molecule has 0 bridgehead atoms. The molecule has 0 aromatic heterocycles. The van der Waals surface area contributed by atoms with E-state index in [9.17, 15) is 9.59 Å². The maximum atomic E-state index is 13.0. The molecule has 0 spiro atoms. The van der Waals surface area contributed by atoms with E-state index in [1.165, 1.54) is 4.90 Å². The van der Waals surface area contributed by atoms with Gasteiger partial charge in [-0.25, -0.2) is 0 Å². The van der Waals surface area contributed by atoms with Crippen LogP contribution in [-0.2, 0) is 17.9 Å². The lowest BCUT2D eigenvalue weighted by molar-refractivity contribution is -0.123. The van der Waals surface area contributed by atoms with E-state index in [1.54, 1.807) is 6.08 Å². The highest BCUT2D eigenvalue weighted by Crippen LogP contribution is 2.40. The number of rotatable bonds is 8. The van der Waals surface area contributed by atoms with E-state index < -0.39 is 0 Å². The molecule has 1 heterocycles. The second-order valence-corrected chi connectivity index (χ2v) is 10.5. The zero-order chi connectivity index (χ0) is 24.1. The van der Waals surface area contributed by atoms with Crippen LogP contribution < -0.4 is 9.47 Å². The number of benzene rings is 3. The number of carbonyl (C=O) groups is 2. The van der Waals surface area contributed by atoms with Crippen LogP contribution in [0, 0.1) is 3.57 Å². The van der Waals surface area contributed by atoms with Crippen molar-refractivity contribution in [2.45, 2.75) is 20.1 Å². The van der Waals surface area contributed by atoms with E-state index in [-0.39, 0.29) is 17.7 Å². The number of thioether (sulfide) groups is 1. The summed E-state index contributed by atoms with van der Waals surface area (Å²) in [5, 5.41) is -0.276. The maximum Gasteiger partial charge on any atom is 0.293 e. The molecular weight excluding hydrogens is 629 g/mol. The van der Waals surface area contributed by atoms with Crippen LogP contribution in [0.25, 0.3) is 6.08 Å². The van der Waals surface area contributed by atoms with Gasteiger partial charge in [-0.15, -0.1) is 0 Å². The fourth-order valence-corrected chi connectivity index (χ4v) is 5.14. The molecule has 2 amide bonds. The second-order valence-electron chi connectivity index (χ2n) is 7.43. The monoisotopic (exact) mass is 649 g/mol. The smallest absolute Gasteiger partial charge is 0.293 e. The van der Waals surface area contributed by atoms with Crippen molar-refractivity contribution < 1.29 is 19.1 Å². The fourth-order valence-electron chi connectivity index (χ4n) is 3.36. The normalized spacial score (nSPS) is 14.7. The van der Waals surface area contributed by atoms with Crippen LogP contribution in [0.2, 0.25) is 0 Å². The van der Waals surface area contributed by atoms with Gasteiger partial charge in [-0.05, 0) is 104 Å². The van der Waals surface area contributed by atoms with Crippen LogP contribution in [0.3, 0.4) is 0 Å². The van der Waals surface area contributed by atoms with Gasteiger partial charge in [0, 0.05) is 3.57 Å². The first-order valence-electron chi connectivity index (χ1n) is 10.6. The first kappa shape index (κ1) is 24.8. The molecule has 0 radical (unpaired) electrons. The average Bonchev–Trinajstić information content (AvgIpc) is 3.08. The van der Waals surface area contributed by atoms with Gasteiger partial charge in [-0.2, -0.15) is 0 Å². The van der Waals surface area contributed by atoms with E-state index in [4.69, 9.17) is 9.47 Å². The Kier molecular flexibility index (Phi) is 8.33. The highest BCUT2D eigenvalue weighted by Gasteiger charge is 2.35. The van der Waals surface area contributed by atoms with Gasteiger partial charge in [0.2, 0.25) is 0 Å². The Hall–Kier alpha value is -2.30. The molecule has 0 aliphatic carbocycles. The number of amides is 2. The summed E-state index contributed by atoms with van der Waals surface area (Å²) in [5.74, 6) is 0.860. The highest BCUT2D eigenvalue weighted by atomic mass is 127. The van der Waals surface area contributed by atoms with Crippen molar-refractivity contribution in [3.63, 3.8) is 0 Å². The van der Waals surface area contributed by atoms with Crippen molar-refractivity contribution in [2.24, 2.45) is 0 Å². The van der Waals surface area contributed by atoms with Crippen LogP contribution >= 0.6 is 50.3 Å². The summed E-state index contributed by atoms with van der Waals surface area (Å²) >= 11 is 6.74. The average molecular weight is 650 g/mol. The zero-order valence-electron chi connectivity index (χ0n) is 18.3. The molecule has 1 aliphatic rings. The van der Waals surface area contributed by atoms with Gasteiger partial charge >= 0.3 is 0 Å². The maximum absolute atomic E-state index is 13.0. The topological polar surface area (TPSA) is 55.8 Å². The summed E-state index contributed by atoms with van der Waals surface area (Å²) in [7, 11) is 0. The van der Waals surface area contributed by atoms with Gasteiger partial charge in [0.15, 0.2) is 11.5 Å². The summed E-state index contributed by atoms with van der Waals surface area (Å²) in [6.07, 6.45) is 1.72. The predicted molar refractivity (Wildman–Crippen MR) is 147 cm³/mol. The molecule has 4 rings (SSSR count). The fraction of sp³-hybridized carbons (Fsp3) is 0.154. The van der Waals surface area contributed by atoms with E-state index in [0.717, 1.165) is 32.0 Å². The molecule has 0 saturated carbocycles. The number of carbonyl (C=O) groups excluding carboxylic acids is 2. The summed E-state index contributed by atoms with van der Waals surface area (Å²) in [5.41, 5.74) is 2.69. The van der Waals surface area contributed by atoms with E-state index in [0.29, 0.717) is 34.1 Å². The van der Waals surface area contributed by atoms with Gasteiger partial charge in [0.1, 0.15) is 6.61 Å². The van der Waals surface area contributed by atoms with E-state index >= 15 is 0 Å². The molecule has 1 saturated heterocycles. The minimum atomic E-state index is -0.299. The lowest BCUT2D eigenvalue weighted by atomic mass is 10.1. The predicted octanol–water partition coefficient (Wildman–Crippen LogP) is 7.27. The van der Waals surface area contributed by atoms with Crippen molar-refractivity contribution in [2.75, 3.05) is 6.61 Å². The number of halogens is 2. The Morgan fingerprint density at radius 1 is 1.00 bits per heavy atom. The quantitative estimate of drug-likeness (QED) is 0.190. The van der Waals surface area contributed by atoms with Gasteiger partial charge in [-0.1, -0.05) is 42.5 Å². The van der Waals surface area contributed by atoms with Crippen molar-refractivity contribution in [1.29, 1.82) is 0 Å². The molecule has 34 heavy (non-hydrogen) atoms. The first-order valence-corrected chi connectivity index (χ1v) is 13.3. The van der Waals surface area contributed by atoms with Crippen LogP contribution in [0.15, 0.2) is 76.1 Å². The van der Waals surface area contributed by atoms with Crippen molar-refractivity contribution >= 4 is 67.5 Å². The highest BCUT2D eigenvalue weighted by molar-refractivity contribution is 14.1. The number of hydrogen-bond donors (Lipinski definition) is 0. The lowest BCUT2D eigenvalue weighted by Gasteiger charge is -2.15. The summed E-state index contributed by atoms with van der Waals surface area (Å²) in [6.45, 7) is 3.01. The molecule has 0 N–H and O–H groups in total. The molecule has 5 nitrogen and oxygen atoms in total. The molecule has 8 heteroatoms. The Labute approximate surface area is 224 Å². The van der Waals surface area contributed by atoms with Gasteiger partial charge in [0.05, 0.1) is 22.5 Å². The molecular formula is C26H21BrINO4S. The molecule has 3 aromatic rings. The first-order chi connectivity index (χ1) is 16.4. The lowest BCUT2D eigenvalue weighted by Crippen LogP contribution is -2.27. The van der Waals surface area contributed by atoms with Crippen LogP contribution in [-0.4, -0.2) is 22.7 Å². The van der Waals surface area contributed by atoms with Gasteiger partial charge in [-0.3, -0.25) is 14.5 Å². The van der Waals surface area contributed by atoms with E-state index in [1.807, 2.05) is 73.7 Å². The molecule has 3 aromatic carbocycles. The minimum Gasteiger partial charge on any atom is -0.490 e. The third-order valence-corrected chi connectivity index (χ3v) is 7.20. The third-order valence-electron chi connectivity index (χ3n) is 4.98. The summed E-state index contributed by atoms with van der Waals surface area (Å²) in [6, 6.07) is 21.3. The van der Waals surface area contributed by atoms with Crippen LogP contribution in [0.4, 0.5) is 4.79 Å². The SMILES string of the molecule is CCOc1cc(/C=C2\SC(=O)N(Cc3ccc(I)cc3)C2=O)cc(Br)c1OCc1ccccc1. The van der Waals surface area contributed by atoms with E-state index in [2.05, 4.69) is 38.5 Å². The molecule has 1 aliphatic heterocycles. The number of imide groups is 1. The van der Waals surface area contributed by atoms with Crippen molar-refractivity contribution in [1.82, 2.24) is 4.90 Å². The summed E-state index contributed by atoms with van der Waals surface area (Å²) < 4.78 is 13.7. The summed E-state index contributed by atoms with van der Waals surface area (Å²) in [4.78, 5) is 27.1. The molecule has 0 unspecified atom stereocenters. The van der Waals surface area contributed by atoms with Crippen molar-refractivity contribution in [3.8, 4) is 11.5 Å².